The van der Waals surface area contributed by atoms with E-state index in [1.54, 1.807) is 0 Å². The maximum absolute atomic E-state index is 13.1. The molecule has 11 nitrogen and oxygen atoms in total. The molecule has 352 valence electrons. The van der Waals surface area contributed by atoms with Gasteiger partial charge in [0.25, 0.3) is 0 Å². The average Bonchev–Trinajstić information content (AvgIpc) is 3.24. The monoisotopic (exact) mass is 846 g/mol. The van der Waals surface area contributed by atoms with Crippen LogP contribution >= 0.6 is 0 Å². The van der Waals surface area contributed by atoms with Crippen LogP contribution in [0.1, 0.15) is 226 Å². The number of carbonyl (C=O) groups is 1. The van der Waals surface area contributed by atoms with Gasteiger partial charge in [0.15, 0.2) is 6.29 Å². The van der Waals surface area contributed by atoms with Gasteiger partial charge in [0.1, 0.15) is 36.6 Å². The van der Waals surface area contributed by atoms with Crippen molar-refractivity contribution in [2.75, 3.05) is 13.2 Å². The molecule has 10 atom stereocenters. The Balaban J connectivity index is 2.39. The molecule has 59 heavy (non-hydrogen) atoms. The molecule has 0 bridgehead atoms. The Bertz CT molecular complexity index is 943. The molecule has 1 heterocycles. The van der Waals surface area contributed by atoms with E-state index >= 15 is 0 Å². The zero-order valence-corrected chi connectivity index (χ0v) is 38.2. The van der Waals surface area contributed by atoms with Gasteiger partial charge >= 0.3 is 0 Å². The number of aliphatic hydroxyl groups is 7. The fourth-order valence-electron chi connectivity index (χ4n) is 8.18. The van der Waals surface area contributed by atoms with Crippen LogP contribution in [-0.4, -0.2) is 110 Å². The molecule has 1 saturated heterocycles. The van der Waals surface area contributed by atoms with Crippen LogP contribution in [0.25, 0.3) is 0 Å². The van der Waals surface area contributed by atoms with Gasteiger partial charge < -0.3 is 50.5 Å². The Morgan fingerprint density at radius 3 is 1.41 bits per heavy atom. The van der Waals surface area contributed by atoms with Crippen LogP contribution in [0.15, 0.2) is 0 Å². The van der Waals surface area contributed by atoms with E-state index in [-0.39, 0.29) is 6.42 Å². The minimum atomic E-state index is -1.66. The zero-order chi connectivity index (χ0) is 43.5. The van der Waals surface area contributed by atoms with E-state index in [1.807, 2.05) is 0 Å². The Hall–Kier alpha value is -0.890. The van der Waals surface area contributed by atoms with Crippen molar-refractivity contribution in [2.24, 2.45) is 5.92 Å². The van der Waals surface area contributed by atoms with E-state index in [1.165, 1.54) is 141 Å². The van der Waals surface area contributed by atoms with E-state index in [0.717, 1.165) is 44.4 Å². The maximum Gasteiger partial charge on any atom is 0.249 e. The summed E-state index contributed by atoms with van der Waals surface area (Å²) in [5, 5.41) is 75.8. The molecule has 0 spiro atoms. The predicted octanol–water partition coefficient (Wildman–Crippen LogP) is 8.53. The largest absolute Gasteiger partial charge is 0.394 e. The lowest BCUT2D eigenvalue weighted by molar-refractivity contribution is -0.303. The average molecular weight is 846 g/mol. The Labute approximate surface area is 360 Å². The highest BCUT2D eigenvalue weighted by atomic mass is 16.7. The van der Waals surface area contributed by atoms with Crippen molar-refractivity contribution < 1.29 is 50.0 Å². The Kier molecular flexibility index (Phi) is 35.8. The summed E-state index contributed by atoms with van der Waals surface area (Å²) in [4.78, 5) is 13.1. The van der Waals surface area contributed by atoms with Gasteiger partial charge in [-0.1, -0.05) is 213 Å². The van der Waals surface area contributed by atoms with Gasteiger partial charge in [-0.3, -0.25) is 4.79 Å². The SMILES string of the molecule is CCCCCCCCCCCCCCCCCCCCC[C@@H](O)C(=O)N[C@@H](CO[C@@H]1O[C@H](CO)[C@H](O)[C@H](O)[C@H]1O)[C@H](O)[C@H](O)CCCCCCCCCCCC(C)CC. The van der Waals surface area contributed by atoms with Crippen LogP contribution in [0.3, 0.4) is 0 Å². The fraction of sp³-hybridized carbons (Fsp3) is 0.979. The molecular weight excluding hydrogens is 751 g/mol. The summed E-state index contributed by atoms with van der Waals surface area (Å²) in [6.45, 7) is 5.79. The molecule has 1 fully saturated rings. The van der Waals surface area contributed by atoms with Crippen molar-refractivity contribution in [3.63, 3.8) is 0 Å². The van der Waals surface area contributed by atoms with Crippen molar-refractivity contribution in [3.05, 3.63) is 0 Å². The van der Waals surface area contributed by atoms with Crippen LogP contribution in [0.2, 0.25) is 0 Å². The number of hydrogen-bond acceptors (Lipinski definition) is 10. The molecule has 0 saturated carbocycles. The molecular formula is C48H95NO10. The first-order valence-corrected chi connectivity index (χ1v) is 24.8. The molecule has 0 aromatic heterocycles. The summed E-state index contributed by atoms with van der Waals surface area (Å²) in [5.74, 6) is 0.121. The molecule has 0 aromatic rings. The van der Waals surface area contributed by atoms with Gasteiger partial charge in [0, 0.05) is 0 Å². The number of carbonyl (C=O) groups excluding carboxylic acids is 1. The lowest BCUT2D eigenvalue weighted by Crippen LogP contribution is -2.60. The topological polar surface area (TPSA) is 189 Å². The van der Waals surface area contributed by atoms with Gasteiger partial charge in [-0.25, -0.2) is 0 Å². The number of amides is 1. The third-order valence-electron chi connectivity index (χ3n) is 12.7. The van der Waals surface area contributed by atoms with Crippen LogP contribution in [0.4, 0.5) is 0 Å². The number of rotatable bonds is 41. The molecule has 0 aromatic carbocycles. The molecule has 1 unspecified atom stereocenters. The third-order valence-corrected chi connectivity index (χ3v) is 12.7. The summed E-state index contributed by atoms with van der Waals surface area (Å²) in [7, 11) is 0. The molecule has 0 radical (unpaired) electrons. The van der Waals surface area contributed by atoms with Gasteiger partial charge in [0.2, 0.25) is 5.91 Å². The van der Waals surface area contributed by atoms with E-state index in [9.17, 15) is 40.5 Å². The molecule has 1 amide bonds. The molecule has 11 heteroatoms. The quantitative estimate of drug-likeness (QED) is 0.0277. The van der Waals surface area contributed by atoms with Crippen LogP contribution in [0, 0.1) is 5.92 Å². The molecule has 1 aliphatic rings. The minimum Gasteiger partial charge on any atom is -0.394 e. The molecule has 8 N–H and O–H groups in total. The van der Waals surface area contributed by atoms with Gasteiger partial charge in [-0.15, -0.1) is 0 Å². The second-order valence-corrected chi connectivity index (χ2v) is 18.1. The number of unbranched alkanes of at least 4 members (excludes halogenated alkanes) is 26. The summed E-state index contributed by atoms with van der Waals surface area (Å²) in [6.07, 6.45) is 25.8. The van der Waals surface area contributed by atoms with Crippen molar-refractivity contribution in [1.29, 1.82) is 0 Å². The first kappa shape index (κ1) is 56.1. The van der Waals surface area contributed by atoms with Crippen LogP contribution in [-0.2, 0) is 14.3 Å². The summed E-state index contributed by atoms with van der Waals surface area (Å²) in [6, 6.07) is -1.16. The molecule has 1 aliphatic heterocycles. The van der Waals surface area contributed by atoms with E-state index in [2.05, 4.69) is 26.1 Å². The lowest BCUT2D eigenvalue weighted by atomic mass is 9.98. The fourth-order valence-corrected chi connectivity index (χ4v) is 8.18. The summed E-state index contributed by atoms with van der Waals surface area (Å²) < 4.78 is 11.1. The third kappa shape index (κ3) is 27.7. The van der Waals surface area contributed by atoms with Crippen molar-refractivity contribution in [2.45, 2.75) is 281 Å². The molecule has 0 aliphatic carbocycles. The van der Waals surface area contributed by atoms with Gasteiger partial charge in [-0.05, 0) is 18.8 Å². The van der Waals surface area contributed by atoms with Gasteiger partial charge in [0.05, 0.1) is 25.4 Å². The Morgan fingerprint density at radius 1 is 0.576 bits per heavy atom. The predicted molar refractivity (Wildman–Crippen MR) is 238 cm³/mol. The highest BCUT2D eigenvalue weighted by Gasteiger charge is 2.44. The zero-order valence-electron chi connectivity index (χ0n) is 38.2. The number of nitrogens with one attached hydrogen (secondary N) is 1. The van der Waals surface area contributed by atoms with E-state index < -0.39 is 74.2 Å². The molecule has 1 rings (SSSR count). The second-order valence-electron chi connectivity index (χ2n) is 18.1. The summed E-state index contributed by atoms with van der Waals surface area (Å²) in [5.41, 5.74) is 0. The first-order valence-electron chi connectivity index (χ1n) is 24.8. The highest BCUT2D eigenvalue weighted by Crippen LogP contribution is 2.23. The van der Waals surface area contributed by atoms with Crippen molar-refractivity contribution in [1.82, 2.24) is 5.32 Å². The normalized spacial score (nSPS) is 22.2. The number of ether oxygens (including phenoxy) is 2. The van der Waals surface area contributed by atoms with Crippen molar-refractivity contribution in [3.8, 4) is 0 Å². The second kappa shape index (κ2) is 37.6. The maximum atomic E-state index is 13.1. The van der Waals surface area contributed by atoms with E-state index in [4.69, 9.17) is 9.47 Å². The van der Waals surface area contributed by atoms with E-state index in [0.29, 0.717) is 19.3 Å². The number of hydrogen-bond donors (Lipinski definition) is 8. The van der Waals surface area contributed by atoms with Crippen LogP contribution < -0.4 is 5.32 Å². The Morgan fingerprint density at radius 2 is 0.983 bits per heavy atom. The van der Waals surface area contributed by atoms with Crippen molar-refractivity contribution >= 4 is 5.91 Å². The number of aliphatic hydroxyl groups excluding tert-OH is 7. The standard InChI is InChI=1S/C48H95NO10/c1-4-6-7-8-9-10-11-12-13-14-15-16-17-18-19-22-26-29-32-35-41(52)47(57)49-39(37-58-48-46(56)45(55)44(54)42(36-50)59-48)43(53)40(51)34-31-28-25-23-20-21-24-27-30-33-38(3)5-2/h38-46,48,50-56H,4-37H2,1-3H3,(H,49,57)/t38?,39-,40+,41+,42+,43-,44-,45-,46+,48+/m0/s1. The minimum absolute atomic E-state index is 0.266. The lowest BCUT2D eigenvalue weighted by Gasteiger charge is -2.40. The first-order chi connectivity index (χ1) is 28.6. The van der Waals surface area contributed by atoms with Crippen LogP contribution in [0.5, 0.6) is 0 Å². The smallest absolute Gasteiger partial charge is 0.249 e. The highest BCUT2D eigenvalue weighted by molar-refractivity contribution is 5.80. The summed E-state index contributed by atoms with van der Waals surface area (Å²) >= 11 is 0. The van der Waals surface area contributed by atoms with Gasteiger partial charge in [-0.2, -0.15) is 0 Å².